The Labute approximate surface area is 132 Å². The van der Waals surface area contributed by atoms with Gasteiger partial charge in [-0.05, 0) is 13.3 Å². The molecule has 1 heterocycles. The van der Waals surface area contributed by atoms with E-state index in [-0.39, 0.29) is 6.04 Å². The Balaban J connectivity index is 1.78. The second kappa shape index (κ2) is 13.2. The predicted molar refractivity (Wildman–Crippen MR) is 85.9 cm³/mol. The SMILES string of the molecule is CCCCOCCOCCOCCNC(C)c1nccs1. The summed E-state index contributed by atoms with van der Waals surface area (Å²) >= 11 is 1.67. The van der Waals surface area contributed by atoms with Crippen molar-refractivity contribution in [3.8, 4) is 0 Å². The van der Waals surface area contributed by atoms with Crippen LogP contribution in [0.4, 0.5) is 0 Å². The van der Waals surface area contributed by atoms with E-state index in [0.717, 1.165) is 24.6 Å². The van der Waals surface area contributed by atoms with Crippen LogP contribution in [0.1, 0.15) is 37.7 Å². The molecule has 21 heavy (non-hydrogen) atoms. The predicted octanol–water partition coefficient (Wildman–Crippen LogP) is 2.64. The lowest BCUT2D eigenvalue weighted by Crippen LogP contribution is -2.23. The van der Waals surface area contributed by atoms with Gasteiger partial charge in [0.1, 0.15) is 5.01 Å². The van der Waals surface area contributed by atoms with Gasteiger partial charge < -0.3 is 19.5 Å². The van der Waals surface area contributed by atoms with Gasteiger partial charge in [0.05, 0.1) is 39.1 Å². The first-order chi connectivity index (χ1) is 10.3. The van der Waals surface area contributed by atoms with Crippen LogP contribution in [0.2, 0.25) is 0 Å². The third-order valence-electron chi connectivity index (χ3n) is 2.91. The second-order valence-electron chi connectivity index (χ2n) is 4.74. The van der Waals surface area contributed by atoms with E-state index < -0.39 is 0 Å². The molecule has 0 aromatic carbocycles. The van der Waals surface area contributed by atoms with Gasteiger partial charge in [-0.15, -0.1) is 11.3 Å². The van der Waals surface area contributed by atoms with Gasteiger partial charge in [-0.25, -0.2) is 4.98 Å². The van der Waals surface area contributed by atoms with Crippen molar-refractivity contribution in [1.82, 2.24) is 10.3 Å². The van der Waals surface area contributed by atoms with Crippen molar-refractivity contribution in [2.24, 2.45) is 0 Å². The molecule has 1 N–H and O–H groups in total. The van der Waals surface area contributed by atoms with Crippen LogP contribution >= 0.6 is 11.3 Å². The number of nitrogens with zero attached hydrogens (tertiary/aromatic N) is 1. The highest BCUT2D eigenvalue weighted by molar-refractivity contribution is 7.09. The molecule has 0 bridgehead atoms. The number of thiazole rings is 1. The number of aromatic nitrogens is 1. The lowest BCUT2D eigenvalue weighted by Gasteiger charge is -2.11. The molecule has 1 aromatic rings. The third-order valence-corrected chi connectivity index (χ3v) is 3.86. The van der Waals surface area contributed by atoms with E-state index >= 15 is 0 Å². The maximum absolute atomic E-state index is 5.50. The van der Waals surface area contributed by atoms with Crippen LogP contribution in [0.5, 0.6) is 0 Å². The van der Waals surface area contributed by atoms with Gasteiger partial charge in [0.15, 0.2) is 0 Å². The first-order valence-corrected chi connectivity index (χ1v) is 8.58. The van der Waals surface area contributed by atoms with E-state index in [1.54, 1.807) is 11.3 Å². The average molecular weight is 316 g/mol. The molecule has 122 valence electrons. The van der Waals surface area contributed by atoms with E-state index in [4.69, 9.17) is 14.2 Å². The fourth-order valence-corrected chi connectivity index (χ4v) is 2.34. The number of ether oxygens (including phenoxy) is 3. The standard InChI is InChI=1S/C15H28N2O3S/c1-3-4-7-18-9-11-20-12-10-19-8-5-16-14(2)15-17-6-13-21-15/h6,13-14,16H,3-5,7-12H2,1-2H3. The molecule has 0 fully saturated rings. The Bertz CT molecular complexity index is 323. The van der Waals surface area contributed by atoms with Gasteiger partial charge in [0, 0.05) is 24.7 Å². The molecule has 0 aliphatic rings. The summed E-state index contributed by atoms with van der Waals surface area (Å²) in [7, 11) is 0. The molecule has 1 atom stereocenters. The van der Waals surface area contributed by atoms with Gasteiger partial charge in [-0.3, -0.25) is 0 Å². The summed E-state index contributed by atoms with van der Waals surface area (Å²) in [4.78, 5) is 4.27. The van der Waals surface area contributed by atoms with Crippen LogP contribution in [0.15, 0.2) is 11.6 Å². The van der Waals surface area contributed by atoms with Crippen molar-refractivity contribution in [3.63, 3.8) is 0 Å². The fraction of sp³-hybridized carbons (Fsp3) is 0.800. The van der Waals surface area contributed by atoms with Crippen LogP contribution in [-0.2, 0) is 14.2 Å². The summed E-state index contributed by atoms with van der Waals surface area (Å²) in [6.45, 7) is 9.18. The van der Waals surface area contributed by atoms with Crippen LogP contribution in [0.3, 0.4) is 0 Å². The van der Waals surface area contributed by atoms with E-state index in [1.807, 2.05) is 11.6 Å². The normalized spacial score (nSPS) is 12.7. The van der Waals surface area contributed by atoms with Gasteiger partial charge in [-0.1, -0.05) is 13.3 Å². The van der Waals surface area contributed by atoms with Gasteiger partial charge in [0.2, 0.25) is 0 Å². The molecule has 0 radical (unpaired) electrons. The Morgan fingerprint density at radius 3 is 2.38 bits per heavy atom. The molecule has 0 aliphatic carbocycles. The first kappa shape index (κ1) is 18.5. The molecule has 0 spiro atoms. The Morgan fingerprint density at radius 1 is 1.10 bits per heavy atom. The Kier molecular flexibility index (Phi) is 11.6. The molecule has 0 aliphatic heterocycles. The minimum atomic E-state index is 0.283. The summed E-state index contributed by atoms with van der Waals surface area (Å²) in [6, 6.07) is 0.283. The molecular weight excluding hydrogens is 288 g/mol. The third kappa shape index (κ3) is 9.92. The number of hydrogen-bond donors (Lipinski definition) is 1. The van der Waals surface area contributed by atoms with E-state index in [1.165, 1.54) is 6.42 Å². The van der Waals surface area contributed by atoms with Crippen LogP contribution in [0.25, 0.3) is 0 Å². The maximum Gasteiger partial charge on any atom is 0.109 e. The maximum atomic E-state index is 5.50. The highest BCUT2D eigenvalue weighted by Gasteiger charge is 2.05. The van der Waals surface area contributed by atoms with Crippen molar-refractivity contribution in [2.45, 2.75) is 32.7 Å². The van der Waals surface area contributed by atoms with Crippen molar-refractivity contribution >= 4 is 11.3 Å². The zero-order chi connectivity index (χ0) is 15.2. The van der Waals surface area contributed by atoms with Crippen molar-refractivity contribution in [2.75, 3.05) is 46.2 Å². The summed E-state index contributed by atoms with van der Waals surface area (Å²) in [5, 5.41) is 6.48. The average Bonchev–Trinajstić information content (AvgIpc) is 3.02. The molecular formula is C15H28N2O3S. The smallest absolute Gasteiger partial charge is 0.109 e. The van der Waals surface area contributed by atoms with E-state index in [0.29, 0.717) is 33.0 Å². The topological polar surface area (TPSA) is 52.6 Å². The fourth-order valence-electron chi connectivity index (χ4n) is 1.67. The number of rotatable bonds is 14. The minimum Gasteiger partial charge on any atom is -0.379 e. The number of nitrogens with one attached hydrogen (secondary N) is 1. The van der Waals surface area contributed by atoms with Gasteiger partial charge >= 0.3 is 0 Å². The quantitative estimate of drug-likeness (QED) is 0.535. The number of unbranched alkanes of at least 4 members (excludes halogenated alkanes) is 1. The largest absolute Gasteiger partial charge is 0.379 e. The highest BCUT2D eigenvalue weighted by Crippen LogP contribution is 2.13. The van der Waals surface area contributed by atoms with Crippen LogP contribution in [-0.4, -0.2) is 51.2 Å². The van der Waals surface area contributed by atoms with E-state index in [9.17, 15) is 0 Å². The van der Waals surface area contributed by atoms with Crippen molar-refractivity contribution in [1.29, 1.82) is 0 Å². The molecule has 0 saturated carbocycles. The molecule has 1 aromatic heterocycles. The molecule has 0 saturated heterocycles. The minimum absolute atomic E-state index is 0.283. The van der Waals surface area contributed by atoms with E-state index in [2.05, 4.69) is 24.1 Å². The summed E-state index contributed by atoms with van der Waals surface area (Å²) in [6.07, 6.45) is 4.12. The molecule has 5 nitrogen and oxygen atoms in total. The van der Waals surface area contributed by atoms with Crippen molar-refractivity contribution in [3.05, 3.63) is 16.6 Å². The summed E-state index contributed by atoms with van der Waals surface area (Å²) in [5.74, 6) is 0. The lowest BCUT2D eigenvalue weighted by atomic mass is 10.3. The second-order valence-corrected chi connectivity index (χ2v) is 5.66. The summed E-state index contributed by atoms with van der Waals surface area (Å²) < 4.78 is 16.3. The molecule has 6 heteroatoms. The number of hydrogen-bond acceptors (Lipinski definition) is 6. The summed E-state index contributed by atoms with van der Waals surface area (Å²) in [5.41, 5.74) is 0. The zero-order valence-corrected chi connectivity index (χ0v) is 14.0. The lowest BCUT2D eigenvalue weighted by molar-refractivity contribution is 0.0144. The molecule has 1 rings (SSSR count). The highest BCUT2D eigenvalue weighted by atomic mass is 32.1. The van der Waals surface area contributed by atoms with Crippen LogP contribution < -0.4 is 5.32 Å². The molecule has 1 unspecified atom stereocenters. The van der Waals surface area contributed by atoms with Crippen LogP contribution in [0, 0.1) is 0 Å². The van der Waals surface area contributed by atoms with Crippen molar-refractivity contribution < 1.29 is 14.2 Å². The Morgan fingerprint density at radius 2 is 1.76 bits per heavy atom. The molecule has 0 amide bonds. The van der Waals surface area contributed by atoms with Gasteiger partial charge in [-0.2, -0.15) is 0 Å². The zero-order valence-electron chi connectivity index (χ0n) is 13.2. The monoisotopic (exact) mass is 316 g/mol. The van der Waals surface area contributed by atoms with Gasteiger partial charge in [0.25, 0.3) is 0 Å². The Hall–Kier alpha value is -0.530. The first-order valence-electron chi connectivity index (χ1n) is 7.70.